The van der Waals surface area contributed by atoms with Gasteiger partial charge in [-0.1, -0.05) is 23.2 Å². The number of aromatic carboxylic acids is 1. The van der Waals surface area contributed by atoms with E-state index >= 15 is 0 Å². The number of halogens is 2. The summed E-state index contributed by atoms with van der Waals surface area (Å²) in [5, 5.41) is 9.78. The highest BCUT2D eigenvalue weighted by Crippen LogP contribution is 2.27. The van der Waals surface area contributed by atoms with Crippen LogP contribution in [0.4, 0.5) is 0 Å². The zero-order valence-electron chi connectivity index (χ0n) is 7.87. The number of H-pyrrole nitrogens is 1. The van der Waals surface area contributed by atoms with Crippen LogP contribution >= 0.6 is 23.2 Å². The lowest BCUT2D eigenvalue weighted by Crippen LogP contribution is -1.99. The Morgan fingerprint density at radius 3 is 2.44 bits per heavy atom. The third kappa shape index (κ3) is 2.03. The molecule has 16 heavy (non-hydrogen) atoms. The predicted molar refractivity (Wildman–Crippen MR) is 61.0 cm³/mol. The molecular weight excluding hydrogens is 251 g/mol. The first kappa shape index (κ1) is 11.0. The van der Waals surface area contributed by atoms with Crippen LogP contribution < -0.4 is 0 Å². The van der Waals surface area contributed by atoms with Gasteiger partial charge in [-0.15, -0.1) is 0 Å². The molecule has 0 unspecified atom stereocenters. The molecule has 4 nitrogen and oxygen atoms in total. The molecule has 2 aromatic rings. The Morgan fingerprint density at radius 1 is 1.25 bits per heavy atom. The number of aromatic amines is 1. The fourth-order valence-electron chi connectivity index (χ4n) is 1.37. The summed E-state index contributed by atoms with van der Waals surface area (Å²) in [5.41, 5.74) is 0.895. The van der Waals surface area contributed by atoms with Crippen molar-refractivity contribution in [3.05, 3.63) is 40.3 Å². The van der Waals surface area contributed by atoms with Gasteiger partial charge in [-0.05, 0) is 18.2 Å². The van der Waals surface area contributed by atoms with Gasteiger partial charge < -0.3 is 10.1 Å². The van der Waals surface area contributed by atoms with E-state index in [0.29, 0.717) is 21.3 Å². The van der Waals surface area contributed by atoms with Crippen LogP contribution in [0, 0.1) is 0 Å². The number of nitrogens with zero attached hydrogens (tertiary/aromatic N) is 1. The number of carbonyl (C=O) groups is 1. The molecule has 2 rings (SSSR count). The fourth-order valence-corrected chi connectivity index (χ4v) is 1.89. The van der Waals surface area contributed by atoms with Crippen molar-refractivity contribution in [2.75, 3.05) is 0 Å². The van der Waals surface area contributed by atoms with E-state index in [9.17, 15) is 4.79 Å². The van der Waals surface area contributed by atoms with Crippen molar-refractivity contribution >= 4 is 29.2 Å². The molecule has 6 heteroatoms. The van der Waals surface area contributed by atoms with Crippen LogP contribution in [0.15, 0.2) is 24.5 Å². The smallest absolute Gasteiger partial charge is 0.354 e. The molecule has 0 saturated carbocycles. The molecule has 0 amide bonds. The van der Waals surface area contributed by atoms with E-state index < -0.39 is 5.97 Å². The molecule has 0 aliphatic heterocycles. The molecule has 0 spiro atoms. The molecule has 0 radical (unpaired) electrons. The number of nitrogens with one attached hydrogen (secondary N) is 1. The highest BCUT2D eigenvalue weighted by Gasteiger charge is 2.15. The Kier molecular flexibility index (Phi) is 2.85. The van der Waals surface area contributed by atoms with Gasteiger partial charge in [0.15, 0.2) is 5.69 Å². The number of carboxylic acid groups (broad SMARTS) is 1. The first-order chi connectivity index (χ1) is 7.58. The number of hydrogen-bond donors (Lipinski definition) is 2. The van der Waals surface area contributed by atoms with Gasteiger partial charge in [0, 0.05) is 15.6 Å². The summed E-state index contributed by atoms with van der Waals surface area (Å²) < 4.78 is 0. The van der Waals surface area contributed by atoms with Gasteiger partial charge in [0.05, 0.1) is 6.33 Å². The predicted octanol–water partition coefficient (Wildman–Crippen LogP) is 3.08. The van der Waals surface area contributed by atoms with Crippen LogP contribution in [-0.4, -0.2) is 21.0 Å². The normalized spacial score (nSPS) is 10.4. The summed E-state index contributed by atoms with van der Waals surface area (Å²) in [7, 11) is 0. The van der Waals surface area contributed by atoms with Crippen LogP contribution in [-0.2, 0) is 0 Å². The lowest BCUT2D eigenvalue weighted by Gasteiger charge is -2.01. The number of benzene rings is 1. The number of carboxylic acids is 1. The lowest BCUT2D eigenvalue weighted by molar-refractivity contribution is 0.0692. The van der Waals surface area contributed by atoms with Crippen LogP contribution in [0.25, 0.3) is 11.3 Å². The van der Waals surface area contributed by atoms with Crippen molar-refractivity contribution in [3.8, 4) is 11.3 Å². The Labute approximate surface area is 101 Å². The molecule has 0 fully saturated rings. The van der Waals surface area contributed by atoms with Gasteiger partial charge in [0.25, 0.3) is 0 Å². The monoisotopic (exact) mass is 256 g/mol. The highest BCUT2D eigenvalue weighted by atomic mass is 35.5. The first-order valence-corrected chi connectivity index (χ1v) is 5.06. The molecule has 0 aliphatic rings. The molecule has 0 atom stereocenters. The van der Waals surface area contributed by atoms with Crippen LogP contribution in [0.3, 0.4) is 0 Å². The second kappa shape index (κ2) is 4.15. The van der Waals surface area contributed by atoms with Gasteiger partial charge in [0.2, 0.25) is 0 Å². The van der Waals surface area contributed by atoms with Crippen molar-refractivity contribution in [1.82, 2.24) is 9.97 Å². The topological polar surface area (TPSA) is 66.0 Å². The summed E-state index contributed by atoms with van der Waals surface area (Å²) in [6, 6.07) is 4.78. The third-order valence-corrected chi connectivity index (χ3v) is 2.43. The standard InChI is InChI=1S/C10H6Cl2N2O2/c11-6-1-5(2-7(12)3-6)8-9(10(15)16)14-4-13-8/h1-4H,(H,13,14)(H,15,16). The van der Waals surface area contributed by atoms with E-state index in [4.69, 9.17) is 28.3 Å². The van der Waals surface area contributed by atoms with Crippen molar-refractivity contribution in [2.45, 2.75) is 0 Å². The van der Waals surface area contributed by atoms with Gasteiger partial charge in [-0.3, -0.25) is 0 Å². The van der Waals surface area contributed by atoms with Crippen LogP contribution in [0.2, 0.25) is 10.0 Å². The molecule has 1 aromatic carbocycles. The second-order valence-electron chi connectivity index (χ2n) is 3.09. The van der Waals surface area contributed by atoms with Crippen molar-refractivity contribution in [2.24, 2.45) is 0 Å². The average molecular weight is 257 g/mol. The van der Waals surface area contributed by atoms with E-state index in [1.54, 1.807) is 18.2 Å². The van der Waals surface area contributed by atoms with Gasteiger partial charge in [-0.2, -0.15) is 0 Å². The summed E-state index contributed by atoms with van der Waals surface area (Å²) in [6.45, 7) is 0. The highest BCUT2D eigenvalue weighted by molar-refractivity contribution is 6.35. The second-order valence-corrected chi connectivity index (χ2v) is 3.96. The maximum absolute atomic E-state index is 10.9. The number of rotatable bonds is 2. The van der Waals surface area contributed by atoms with E-state index in [0.717, 1.165) is 0 Å². The molecule has 82 valence electrons. The quantitative estimate of drug-likeness (QED) is 0.868. The van der Waals surface area contributed by atoms with Crippen LogP contribution in [0.5, 0.6) is 0 Å². The summed E-state index contributed by atoms with van der Waals surface area (Å²) >= 11 is 11.7. The fraction of sp³-hybridized carbons (Fsp3) is 0. The van der Waals surface area contributed by atoms with Crippen molar-refractivity contribution in [3.63, 3.8) is 0 Å². The Balaban J connectivity index is 2.58. The molecule has 0 bridgehead atoms. The van der Waals surface area contributed by atoms with E-state index in [1.165, 1.54) is 6.33 Å². The lowest BCUT2D eigenvalue weighted by atomic mass is 10.1. The number of hydrogen-bond acceptors (Lipinski definition) is 2. The van der Waals surface area contributed by atoms with E-state index in [2.05, 4.69) is 9.97 Å². The maximum atomic E-state index is 10.9. The van der Waals surface area contributed by atoms with E-state index in [1.807, 2.05) is 0 Å². The summed E-state index contributed by atoms with van der Waals surface area (Å²) in [6.07, 6.45) is 1.31. The zero-order chi connectivity index (χ0) is 11.7. The minimum absolute atomic E-state index is 0.0123. The Bertz CT molecular complexity index is 531. The summed E-state index contributed by atoms with van der Waals surface area (Å²) in [4.78, 5) is 17.4. The first-order valence-electron chi connectivity index (χ1n) is 4.31. The Hall–Kier alpha value is -1.52. The maximum Gasteiger partial charge on any atom is 0.354 e. The molecule has 1 heterocycles. The Morgan fingerprint density at radius 2 is 1.88 bits per heavy atom. The van der Waals surface area contributed by atoms with Crippen molar-refractivity contribution in [1.29, 1.82) is 0 Å². The molecule has 0 aliphatic carbocycles. The minimum atomic E-state index is -1.08. The van der Waals surface area contributed by atoms with Gasteiger partial charge in [0.1, 0.15) is 5.69 Å². The third-order valence-electron chi connectivity index (χ3n) is 1.99. The molecule has 0 saturated heterocycles. The number of imidazole rings is 1. The zero-order valence-corrected chi connectivity index (χ0v) is 9.38. The minimum Gasteiger partial charge on any atom is -0.477 e. The van der Waals surface area contributed by atoms with Crippen molar-refractivity contribution < 1.29 is 9.90 Å². The largest absolute Gasteiger partial charge is 0.477 e. The van der Waals surface area contributed by atoms with Gasteiger partial charge in [-0.25, -0.2) is 9.78 Å². The molecule has 2 N–H and O–H groups in total. The number of aromatic nitrogens is 2. The average Bonchev–Trinajstić information content (AvgIpc) is 2.63. The van der Waals surface area contributed by atoms with Gasteiger partial charge >= 0.3 is 5.97 Å². The molecule has 1 aromatic heterocycles. The summed E-state index contributed by atoms with van der Waals surface area (Å²) in [5.74, 6) is -1.08. The van der Waals surface area contributed by atoms with E-state index in [-0.39, 0.29) is 5.69 Å². The SMILES string of the molecule is O=C(O)c1[nH]cnc1-c1cc(Cl)cc(Cl)c1. The molecular formula is C10H6Cl2N2O2. The van der Waals surface area contributed by atoms with Crippen LogP contribution in [0.1, 0.15) is 10.5 Å².